The first kappa shape index (κ1) is 40.2. The van der Waals surface area contributed by atoms with E-state index in [4.69, 9.17) is 0 Å². The molecule has 0 fully saturated rings. The Morgan fingerprint density at radius 1 is 0.188 bits per heavy atom. The molecule has 0 amide bonds. The highest BCUT2D eigenvalue weighted by atomic mass is 32.2. The summed E-state index contributed by atoms with van der Waals surface area (Å²) in [4.78, 5) is 16.4. The fraction of sp³-hybridized carbons (Fsp3) is 0. The molecule has 318 valence electrons. The third kappa shape index (κ3) is 6.17. The second kappa shape index (κ2) is 15.5. The van der Waals surface area contributed by atoms with Crippen molar-refractivity contribution >= 4 is 140 Å². The first-order valence-electron chi connectivity index (χ1n) is 23.5. The Kier molecular flexibility index (Phi) is 9.04. The van der Waals surface area contributed by atoms with Crippen LogP contribution in [0.4, 0.5) is 0 Å². The van der Waals surface area contributed by atoms with Crippen molar-refractivity contribution in [1.82, 2.24) is 0 Å². The van der Waals surface area contributed by atoms with Gasteiger partial charge in [-0.25, -0.2) is 0 Å². The Morgan fingerprint density at radius 2 is 0.435 bits per heavy atom. The lowest BCUT2D eigenvalue weighted by Gasteiger charge is -2.33. The van der Waals surface area contributed by atoms with E-state index in [1.54, 1.807) is 0 Å². The topological polar surface area (TPSA) is 0 Å². The van der Waals surface area contributed by atoms with Crippen LogP contribution in [0.2, 0.25) is 0 Å². The van der Waals surface area contributed by atoms with E-state index in [1.807, 2.05) is 70.6 Å². The van der Waals surface area contributed by atoms with Crippen molar-refractivity contribution in [1.29, 1.82) is 0 Å². The lowest BCUT2D eigenvalue weighted by atomic mass is 9.36. The van der Waals surface area contributed by atoms with Crippen molar-refractivity contribution < 1.29 is 0 Å². The summed E-state index contributed by atoms with van der Waals surface area (Å²) in [5.41, 5.74) is 20.3. The molecule has 0 N–H and O–H groups in total. The predicted molar refractivity (Wildman–Crippen MR) is 300 cm³/mol. The van der Waals surface area contributed by atoms with E-state index in [0.717, 1.165) is 0 Å². The van der Waals surface area contributed by atoms with Gasteiger partial charge in [0.05, 0.1) is 0 Å². The van der Waals surface area contributed by atoms with E-state index in [1.165, 1.54) is 141 Å². The second-order valence-electron chi connectivity index (χ2n) is 18.6. The van der Waals surface area contributed by atoms with E-state index in [2.05, 4.69) is 200 Å². The van der Waals surface area contributed by atoms with Crippen molar-refractivity contribution in [3.8, 4) is 33.4 Å². The summed E-state index contributed by atoms with van der Waals surface area (Å²) in [6.07, 6.45) is 0. The standard InChI is InChI=1S/C60H33B3S6/c1-4-13-46-40(10-1)61-43-25-22-34(31-55(43)67-52-19-7-16-49(64-46)58(52)61)37-28-38(35-23-26-44-56(32-35)68-53-20-8-17-50-59(53)62(44)41-11-2-5-14-47(41)65-50)30-39(29-37)36-24-27-45-57(33-36)69-54-21-9-18-51-60(54)63(45)42-12-3-6-15-48(42)66-51/h1-33H. The maximum absolute atomic E-state index is 2.48. The van der Waals surface area contributed by atoms with Crippen LogP contribution in [0, 0.1) is 0 Å². The molecular weight excluding hydrogens is 945 g/mol. The van der Waals surface area contributed by atoms with E-state index >= 15 is 0 Å². The van der Waals surface area contributed by atoms with Gasteiger partial charge in [-0.2, -0.15) is 0 Å². The van der Waals surface area contributed by atoms with Gasteiger partial charge in [0.2, 0.25) is 20.1 Å². The number of rotatable bonds is 3. The summed E-state index contributed by atoms with van der Waals surface area (Å²) in [6.45, 7) is 0.691. The van der Waals surface area contributed by atoms with Crippen LogP contribution in [-0.4, -0.2) is 20.1 Å². The first-order chi connectivity index (χ1) is 34.1. The van der Waals surface area contributed by atoms with E-state index < -0.39 is 0 Å². The van der Waals surface area contributed by atoms with Crippen LogP contribution >= 0.6 is 70.6 Å². The summed E-state index contributed by atoms with van der Waals surface area (Å²) in [5.74, 6) is 0. The van der Waals surface area contributed by atoms with Gasteiger partial charge in [-0.3, -0.25) is 0 Å². The minimum absolute atomic E-state index is 0.230. The van der Waals surface area contributed by atoms with Crippen molar-refractivity contribution in [3.05, 3.63) is 200 Å². The second-order valence-corrected chi connectivity index (χ2v) is 25.1. The third-order valence-corrected chi connectivity index (χ3v) is 21.8. The van der Waals surface area contributed by atoms with E-state index in [0.29, 0.717) is 0 Å². The van der Waals surface area contributed by atoms with Crippen molar-refractivity contribution in [2.45, 2.75) is 58.7 Å². The molecule has 0 unspecified atom stereocenters. The fourth-order valence-electron chi connectivity index (χ4n) is 11.8. The lowest BCUT2D eigenvalue weighted by Crippen LogP contribution is -2.57. The van der Waals surface area contributed by atoms with Crippen LogP contribution in [0.5, 0.6) is 0 Å². The molecule has 0 aromatic heterocycles. The first-order valence-corrected chi connectivity index (χ1v) is 28.4. The molecule has 0 radical (unpaired) electrons. The fourth-order valence-corrected chi connectivity index (χ4v) is 19.1. The van der Waals surface area contributed by atoms with Crippen LogP contribution in [0.15, 0.2) is 259 Å². The largest absolute Gasteiger partial charge is 0.247 e. The van der Waals surface area contributed by atoms with E-state index in [9.17, 15) is 0 Å². The molecule has 0 bridgehead atoms. The molecule has 10 aromatic carbocycles. The molecule has 16 rings (SSSR count). The number of hydrogen-bond acceptors (Lipinski definition) is 6. The smallest absolute Gasteiger partial charge is 0.0911 e. The van der Waals surface area contributed by atoms with Gasteiger partial charge >= 0.3 is 0 Å². The minimum Gasteiger partial charge on any atom is -0.0911 e. The van der Waals surface area contributed by atoms with Gasteiger partial charge in [0, 0.05) is 58.7 Å². The molecule has 9 heteroatoms. The zero-order valence-corrected chi connectivity index (χ0v) is 41.6. The molecule has 6 heterocycles. The lowest BCUT2D eigenvalue weighted by molar-refractivity contribution is 1.33. The summed E-state index contributed by atoms with van der Waals surface area (Å²) in [7, 11) is 0. The highest BCUT2D eigenvalue weighted by Crippen LogP contribution is 2.44. The van der Waals surface area contributed by atoms with Crippen molar-refractivity contribution in [3.63, 3.8) is 0 Å². The quantitative estimate of drug-likeness (QED) is 0.161. The average Bonchev–Trinajstić information content (AvgIpc) is 3.40. The van der Waals surface area contributed by atoms with Crippen LogP contribution in [0.3, 0.4) is 0 Å². The van der Waals surface area contributed by atoms with Crippen LogP contribution in [0.25, 0.3) is 33.4 Å². The molecule has 0 aliphatic carbocycles. The highest BCUT2D eigenvalue weighted by Gasteiger charge is 2.41. The number of fused-ring (bicyclic) bond motifs is 12. The molecular formula is C60H33B3S6. The number of benzene rings is 10. The Bertz CT molecular complexity index is 3510. The van der Waals surface area contributed by atoms with Gasteiger partial charge in [0.25, 0.3) is 0 Å². The highest BCUT2D eigenvalue weighted by molar-refractivity contribution is 8.02. The predicted octanol–water partition coefficient (Wildman–Crippen LogP) is 11.0. The monoisotopic (exact) mass is 978 g/mol. The zero-order chi connectivity index (χ0) is 44.9. The summed E-state index contributed by atoms with van der Waals surface area (Å²) in [6, 6.07) is 77.0. The van der Waals surface area contributed by atoms with Gasteiger partial charge in [-0.05, 0) is 141 Å². The van der Waals surface area contributed by atoms with Gasteiger partial charge < -0.3 is 0 Å². The summed E-state index contributed by atoms with van der Waals surface area (Å²) < 4.78 is 0. The summed E-state index contributed by atoms with van der Waals surface area (Å²) in [5, 5.41) is 0. The zero-order valence-electron chi connectivity index (χ0n) is 36.7. The van der Waals surface area contributed by atoms with Gasteiger partial charge in [0.1, 0.15) is 0 Å². The Balaban J connectivity index is 0.857. The molecule has 0 nitrogen and oxygen atoms in total. The van der Waals surface area contributed by atoms with Crippen molar-refractivity contribution in [2.75, 3.05) is 0 Å². The SMILES string of the molecule is c1ccc2c(c1)Sc1cccc3c1B2c1ccc(-c2cc(-c4ccc5c(c4)Sc4cccc6c4B5c4ccccc4S6)cc(-c4ccc5c(c4)Sc4cccc6c4B5c4ccccc4S6)c2)cc1S3. The average molecular weight is 979 g/mol. The van der Waals surface area contributed by atoms with Gasteiger partial charge in [0.15, 0.2) is 0 Å². The van der Waals surface area contributed by atoms with Gasteiger partial charge in [-0.1, -0.05) is 213 Å². The van der Waals surface area contributed by atoms with Crippen LogP contribution in [0.1, 0.15) is 0 Å². The van der Waals surface area contributed by atoms with E-state index in [-0.39, 0.29) is 20.1 Å². The molecule has 0 atom stereocenters. The molecule has 6 aliphatic heterocycles. The normalized spacial score (nSPS) is 14.5. The van der Waals surface area contributed by atoms with Crippen LogP contribution in [-0.2, 0) is 0 Å². The Morgan fingerprint density at radius 3 is 0.739 bits per heavy atom. The molecule has 69 heavy (non-hydrogen) atoms. The maximum Gasteiger partial charge on any atom is 0.247 e. The molecule has 6 aliphatic rings. The van der Waals surface area contributed by atoms with Crippen LogP contribution < -0.4 is 49.2 Å². The summed E-state index contributed by atoms with van der Waals surface area (Å²) >= 11 is 11.6. The minimum atomic E-state index is 0.230. The van der Waals surface area contributed by atoms with Crippen molar-refractivity contribution in [2.24, 2.45) is 0 Å². The Labute approximate surface area is 428 Å². The molecule has 10 aromatic rings. The number of hydrogen-bond donors (Lipinski definition) is 0. The molecule has 0 spiro atoms. The van der Waals surface area contributed by atoms with Gasteiger partial charge in [-0.15, -0.1) is 0 Å². The molecule has 0 saturated carbocycles. The Hall–Kier alpha value is -5.51. The maximum atomic E-state index is 2.48. The third-order valence-electron chi connectivity index (χ3n) is 14.9. The molecule has 0 saturated heterocycles.